The third-order valence-corrected chi connectivity index (χ3v) is 5.27. The van der Waals surface area contributed by atoms with E-state index >= 15 is 0 Å². The van der Waals surface area contributed by atoms with E-state index in [4.69, 9.17) is 4.42 Å². The Hall–Kier alpha value is -3.84. The normalized spacial score (nSPS) is 11.4. The SMILES string of the molecule is Cc1cc(CO)cc2nc(-c3cccc(-c4ccc(F)cc4-c4nncn4C)c3)oc12. The quantitative estimate of drug-likeness (QED) is 0.453. The number of benzene rings is 3. The molecule has 0 unspecified atom stereocenters. The number of aliphatic hydroxyl groups excluding tert-OH is 1. The number of hydrogen-bond donors (Lipinski definition) is 1. The minimum Gasteiger partial charge on any atom is -0.436 e. The molecule has 5 aromatic rings. The second-order valence-electron chi connectivity index (χ2n) is 7.47. The molecule has 0 aliphatic heterocycles. The van der Waals surface area contributed by atoms with Crippen LogP contribution in [0.2, 0.25) is 0 Å². The van der Waals surface area contributed by atoms with Crippen LogP contribution < -0.4 is 0 Å². The van der Waals surface area contributed by atoms with Crippen LogP contribution in [0.4, 0.5) is 4.39 Å². The molecule has 2 aromatic heterocycles. The molecule has 3 aromatic carbocycles. The van der Waals surface area contributed by atoms with Crippen LogP contribution in [0.25, 0.3) is 45.1 Å². The maximum Gasteiger partial charge on any atom is 0.227 e. The summed E-state index contributed by atoms with van der Waals surface area (Å²) >= 11 is 0. The van der Waals surface area contributed by atoms with Crippen LogP contribution in [0.15, 0.2) is 65.3 Å². The Labute approximate surface area is 177 Å². The fraction of sp³-hybridized carbons (Fsp3) is 0.125. The van der Waals surface area contributed by atoms with Gasteiger partial charge in [-0.1, -0.05) is 18.2 Å². The predicted octanol–water partition coefficient (Wildman–Crippen LogP) is 4.90. The number of rotatable bonds is 4. The van der Waals surface area contributed by atoms with Gasteiger partial charge in [0, 0.05) is 18.2 Å². The average Bonchev–Trinajstić information content (AvgIpc) is 3.40. The van der Waals surface area contributed by atoms with Crippen molar-refractivity contribution in [3.63, 3.8) is 0 Å². The van der Waals surface area contributed by atoms with Crippen LogP contribution in [0, 0.1) is 12.7 Å². The molecule has 0 fully saturated rings. The molecule has 0 radical (unpaired) electrons. The van der Waals surface area contributed by atoms with Crippen molar-refractivity contribution >= 4 is 11.1 Å². The van der Waals surface area contributed by atoms with E-state index in [1.54, 1.807) is 17.0 Å². The highest BCUT2D eigenvalue weighted by Crippen LogP contribution is 2.34. The van der Waals surface area contributed by atoms with Crippen molar-refractivity contribution in [3.05, 3.63) is 77.9 Å². The van der Waals surface area contributed by atoms with Gasteiger partial charge in [0.2, 0.25) is 5.89 Å². The predicted molar refractivity (Wildman–Crippen MR) is 115 cm³/mol. The van der Waals surface area contributed by atoms with E-state index in [1.165, 1.54) is 12.1 Å². The van der Waals surface area contributed by atoms with Gasteiger partial charge in [0.05, 0.1) is 6.61 Å². The lowest BCUT2D eigenvalue weighted by Gasteiger charge is -2.10. The van der Waals surface area contributed by atoms with E-state index in [9.17, 15) is 9.50 Å². The zero-order valence-electron chi connectivity index (χ0n) is 17.0. The molecule has 2 heterocycles. The standard InChI is InChI=1S/C24H19FN4O2/c1-14-8-15(12-30)9-21-22(14)31-24(27-21)17-5-3-4-16(10-17)19-7-6-18(25)11-20(19)23-28-26-13-29(23)2/h3-11,13,30H,12H2,1-2H3. The Kier molecular flexibility index (Phi) is 4.60. The molecule has 154 valence electrons. The fourth-order valence-electron chi connectivity index (χ4n) is 3.79. The zero-order valence-corrected chi connectivity index (χ0v) is 17.0. The summed E-state index contributed by atoms with van der Waals surface area (Å²) in [5.74, 6) is 0.721. The molecule has 0 saturated heterocycles. The summed E-state index contributed by atoms with van der Waals surface area (Å²) in [7, 11) is 1.82. The van der Waals surface area contributed by atoms with Crippen LogP contribution in [-0.4, -0.2) is 24.9 Å². The molecule has 31 heavy (non-hydrogen) atoms. The van der Waals surface area contributed by atoms with Gasteiger partial charge in [0.1, 0.15) is 17.7 Å². The van der Waals surface area contributed by atoms with E-state index in [1.807, 2.05) is 50.4 Å². The minimum atomic E-state index is -0.341. The monoisotopic (exact) mass is 414 g/mol. The molecule has 0 aliphatic rings. The molecule has 0 saturated carbocycles. The third kappa shape index (κ3) is 3.39. The number of nitrogens with zero attached hydrogens (tertiary/aromatic N) is 4. The summed E-state index contributed by atoms with van der Waals surface area (Å²) in [6.07, 6.45) is 1.59. The third-order valence-electron chi connectivity index (χ3n) is 5.27. The van der Waals surface area contributed by atoms with Gasteiger partial charge >= 0.3 is 0 Å². The second kappa shape index (κ2) is 7.45. The van der Waals surface area contributed by atoms with Crippen molar-refractivity contribution in [2.24, 2.45) is 7.05 Å². The number of aromatic nitrogens is 4. The summed E-state index contributed by atoms with van der Waals surface area (Å²) in [4.78, 5) is 4.62. The fourth-order valence-corrected chi connectivity index (χ4v) is 3.79. The molecule has 0 atom stereocenters. The lowest BCUT2D eigenvalue weighted by molar-refractivity contribution is 0.282. The molecule has 0 aliphatic carbocycles. The topological polar surface area (TPSA) is 77.0 Å². The van der Waals surface area contributed by atoms with Crippen molar-refractivity contribution in [2.45, 2.75) is 13.5 Å². The summed E-state index contributed by atoms with van der Waals surface area (Å²) in [6, 6.07) is 16.1. The van der Waals surface area contributed by atoms with Crippen molar-refractivity contribution in [3.8, 4) is 34.0 Å². The molecule has 1 N–H and O–H groups in total. The summed E-state index contributed by atoms with van der Waals surface area (Å²) in [5.41, 5.74) is 6.26. The summed E-state index contributed by atoms with van der Waals surface area (Å²) in [5, 5.41) is 17.5. The first kappa shape index (κ1) is 19.1. The van der Waals surface area contributed by atoms with E-state index in [-0.39, 0.29) is 12.4 Å². The van der Waals surface area contributed by atoms with Gasteiger partial charge in [0.15, 0.2) is 11.4 Å². The van der Waals surface area contributed by atoms with Crippen LogP contribution >= 0.6 is 0 Å². The molecule has 0 bridgehead atoms. The molecule has 6 nitrogen and oxygen atoms in total. The molecule has 0 amide bonds. The zero-order chi connectivity index (χ0) is 21.5. The highest BCUT2D eigenvalue weighted by atomic mass is 19.1. The Morgan fingerprint density at radius 3 is 2.65 bits per heavy atom. The van der Waals surface area contributed by atoms with Crippen molar-refractivity contribution in [1.29, 1.82) is 0 Å². The first-order valence-corrected chi connectivity index (χ1v) is 9.79. The van der Waals surface area contributed by atoms with E-state index in [0.29, 0.717) is 28.4 Å². The second-order valence-corrected chi connectivity index (χ2v) is 7.47. The molecule has 7 heteroatoms. The van der Waals surface area contributed by atoms with Gasteiger partial charge in [-0.2, -0.15) is 0 Å². The number of hydrogen-bond acceptors (Lipinski definition) is 5. The number of aryl methyl sites for hydroxylation is 2. The molecular weight excluding hydrogens is 395 g/mol. The first-order chi connectivity index (χ1) is 15.0. The number of fused-ring (bicyclic) bond motifs is 1. The summed E-state index contributed by atoms with van der Waals surface area (Å²) < 4.78 is 21.8. The molecule has 0 spiro atoms. The molecular formula is C24H19FN4O2. The van der Waals surface area contributed by atoms with Gasteiger partial charge in [-0.3, -0.25) is 0 Å². The van der Waals surface area contributed by atoms with Crippen molar-refractivity contribution in [1.82, 2.24) is 19.7 Å². The molecule has 5 rings (SSSR count). The van der Waals surface area contributed by atoms with Crippen molar-refractivity contribution in [2.75, 3.05) is 0 Å². The number of oxazole rings is 1. The first-order valence-electron chi connectivity index (χ1n) is 9.79. The lowest BCUT2D eigenvalue weighted by Crippen LogP contribution is -1.95. The van der Waals surface area contributed by atoms with Gasteiger partial charge < -0.3 is 14.1 Å². The van der Waals surface area contributed by atoms with Crippen LogP contribution in [0.1, 0.15) is 11.1 Å². The van der Waals surface area contributed by atoms with Gasteiger partial charge in [-0.25, -0.2) is 9.37 Å². The summed E-state index contributed by atoms with van der Waals surface area (Å²) in [6.45, 7) is 1.88. The van der Waals surface area contributed by atoms with Crippen LogP contribution in [0.3, 0.4) is 0 Å². The highest BCUT2D eigenvalue weighted by Gasteiger charge is 2.16. The average molecular weight is 414 g/mol. The van der Waals surface area contributed by atoms with E-state index in [0.717, 1.165) is 27.8 Å². The van der Waals surface area contributed by atoms with E-state index < -0.39 is 0 Å². The minimum absolute atomic E-state index is 0.0517. The number of halogens is 1. The Morgan fingerprint density at radius 1 is 1.03 bits per heavy atom. The number of aliphatic hydroxyl groups is 1. The maximum absolute atomic E-state index is 14.0. The van der Waals surface area contributed by atoms with Crippen molar-refractivity contribution < 1.29 is 13.9 Å². The Morgan fingerprint density at radius 2 is 1.87 bits per heavy atom. The maximum atomic E-state index is 14.0. The smallest absolute Gasteiger partial charge is 0.227 e. The van der Waals surface area contributed by atoms with Gasteiger partial charge in [-0.15, -0.1) is 10.2 Å². The Bertz CT molecular complexity index is 1420. The van der Waals surface area contributed by atoms with Crippen LogP contribution in [0.5, 0.6) is 0 Å². The lowest BCUT2D eigenvalue weighted by atomic mass is 9.97. The largest absolute Gasteiger partial charge is 0.436 e. The Balaban J connectivity index is 1.64. The van der Waals surface area contributed by atoms with Gasteiger partial charge in [0.25, 0.3) is 0 Å². The van der Waals surface area contributed by atoms with Crippen LogP contribution in [-0.2, 0) is 13.7 Å². The van der Waals surface area contributed by atoms with Gasteiger partial charge in [-0.05, 0) is 65.6 Å². The highest BCUT2D eigenvalue weighted by molar-refractivity contribution is 5.84. The van der Waals surface area contributed by atoms with E-state index in [2.05, 4.69) is 15.2 Å².